The Balaban J connectivity index is 1.99. The molecule has 106 valence electrons. The van der Waals surface area contributed by atoms with Gasteiger partial charge >= 0.3 is 5.97 Å². The van der Waals surface area contributed by atoms with E-state index in [0.717, 1.165) is 5.56 Å². The van der Waals surface area contributed by atoms with Gasteiger partial charge in [0.1, 0.15) is 11.4 Å². The Hall–Kier alpha value is -1.99. The first-order valence-electron chi connectivity index (χ1n) is 5.94. The van der Waals surface area contributed by atoms with E-state index in [1.165, 1.54) is 24.5 Å². The van der Waals surface area contributed by atoms with E-state index in [2.05, 4.69) is 20.3 Å². The van der Waals surface area contributed by atoms with Gasteiger partial charge in [-0.25, -0.2) is 4.79 Å². The molecule has 0 aliphatic carbocycles. The molecule has 2 heterocycles. The van der Waals surface area contributed by atoms with E-state index >= 15 is 0 Å². The average Bonchev–Trinajstić information content (AvgIpc) is 3.00. The SMILES string of the molecule is COC(=O)c1ccc(NCC(C)(O)c2ccsc2)nn1. The van der Waals surface area contributed by atoms with E-state index in [1.807, 2.05) is 16.8 Å². The molecular weight excluding hydrogens is 278 g/mol. The molecule has 0 fully saturated rings. The lowest BCUT2D eigenvalue weighted by Crippen LogP contribution is -2.30. The molecule has 2 rings (SSSR count). The summed E-state index contributed by atoms with van der Waals surface area (Å²) in [5.41, 5.74) is -0.0142. The Morgan fingerprint density at radius 1 is 1.45 bits per heavy atom. The average molecular weight is 293 g/mol. The van der Waals surface area contributed by atoms with Crippen LogP contribution in [0.1, 0.15) is 23.0 Å². The number of esters is 1. The fourth-order valence-electron chi connectivity index (χ4n) is 1.58. The van der Waals surface area contributed by atoms with Crippen LogP contribution in [0.5, 0.6) is 0 Å². The number of aliphatic hydroxyl groups is 1. The first-order valence-corrected chi connectivity index (χ1v) is 6.88. The van der Waals surface area contributed by atoms with Gasteiger partial charge < -0.3 is 15.2 Å². The van der Waals surface area contributed by atoms with Gasteiger partial charge in [-0.15, -0.1) is 10.2 Å². The number of hydrogen-bond acceptors (Lipinski definition) is 7. The van der Waals surface area contributed by atoms with Gasteiger partial charge in [0.15, 0.2) is 5.69 Å². The number of nitrogens with one attached hydrogen (secondary N) is 1. The predicted octanol–water partition coefficient (Wildman–Crippen LogP) is 1.64. The van der Waals surface area contributed by atoms with Crippen molar-refractivity contribution >= 4 is 23.1 Å². The van der Waals surface area contributed by atoms with Gasteiger partial charge in [-0.2, -0.15) is 11.3 Å². The van der Waals surface area contributed by atoms with Crippen molar-refractivity contribution in [2.75, 3.05) is 19.0 Å². The Labute approximate surface area is 120 Å². The molecule has 1 atom stereocenters. The van der Waals surface area contributed by atoms with Crippen molar-refractivity contribution in [1.82, 2.24) is 10.2 Å². The van der Waals surface area contributed by atoms with Crippen molar-refractivity contribution in [1.29, 1.82) is 0 Å². The number of hydrogen-bond donors (Lipinski definition) is 2. The molecule has 1 unspecified atom stereocenters. The summed E-state index contributed by atoms with van der Waals surface area (Å²) in [6, 6.07) is 5.00. The molecular formula is C13H15N3O3S. The maximum atomic E-state index is 11.2. The van der Waals surface area contributed by atoms with Gasteiger partial charge in [0.25, 0.3) is 0 Å². The molecule has 20 heavy (non-hydrogen) atoms. The summed E-state index contributed by atoms with van der Waals surface area (Å²) in [6.45, 7) is 2.01. The third kappa shape index (κ3) is 3.31. The van der Waals surface area contributed by atoms with E-state index in [1.54, 1.807) is 13.0 Å². The summed E-state index contributed by atoms with van der Waals surface area (Å²) >= 11 is 1.53. The molecule has 2 N–H and O–H groups in total. The van der Waals surface area contributed by atoms with Crippen LogP contribution in [0.15, 0.2) is 29.0 Å². The van der Waals surface area contributed by atoms with Crippen molar-refractivity contribution in [2.24, 2.45) is 0 Å². The van der Waals surface area contributed by atoms with Gasteiger partial charge in [0.2, 0.25) is 0 Å². The Morgan fingerprint density at radius 3 is 2.80 bits per heavy atom. The summed E-state index contributed by atoms with van der Waals surface area (Å²) in [4.78, 5) is 11.2. The lowest BCUT2D eigenvalue weighted by atomic mass is 9.99. The van der Waals surface area contributed by atoms with E-state index < -0.39 is 11.6 Å². The first-order chi connectivity index (χ1) is 9.53. The molecule has 2 aromatic rings. The largest absolute Gasteiger partial charge is 0.464 e. The molecule has 0 bridgehead atoms. The van der Waals surface area contributed by atoms with Crippen LogP contribution in [0.3, 0.4) is 0 Å². The van der Waals surface area contributed by atoms with Crippen molar-refractivity contribution < 1.29 is 14.6 Å². The van der Waals surface area contributed by atoms with E-state index in [-0.39, 0.29) is 12.2 Å². The van der Waals surface area contributed by atoms with Gasteiger partial charge in [0, 0.05) is 6.54 Å². The van der Waals surface area contributed by atoms with Crippen LogP contribution in [-0.2, 0) is 10.3 Å². The van der Waals surface area contributed by atoms with Crippen LogP contribution in [-0.4, -0.2) is 34.9 Å². The van der Waals surface area contributed by atoms with Crippen LogP contribution >= 0.6 is 11.3 Å². The highest BCUT2D eigenvalue weighted by molar-refractivity contribution is 7.08. The van der Waals surface area contributed by atoms with Crippen molar-refractivity contribution in [3.8, 4) is 0 Å². The maximum Gasteiger partial charge on any atom is 0.358 e. The highest BCUT2D eigenvalue weighted by Gasteiger charge is 2.23. The molecule has 0 saturated carbocycles. The highest BCUT2D eigenvalue weighted by Crippen LogP contribution is 2.23. The fraction of sp³-hybridized carbons (Fsp3) is 0.308. The normalized spacial score (nSPS) is 13.6. The minimum absolute atomic E-state index is 0.141. The highest BCUT2D eigenvalue weighted by atomic mass is 32.1. The number of ether oxygens (including phenoxy) is 1. The standard InChI is InChI=1S/C13H15N3O3S/c1-13(18,9-5-6-20-7-9)8-14-11-4-3-10(15-16-11)12(17)19-2/h3-7,18H,8H2,1-2H3,(H,14,16). The molecule has 0 radical (unpaired) electrons. The monoisotopic (exact) mass is 293 g/mol. The Bertz CT molecular complexity index is 567. The quantitative estimate of drug-likeness (QED) is 0.815. The lowest BCUT2D eigenvalue weighted by molar-refractivity contribution is 0.0592. The Kier molecular flexibility index (Phi) is 4.31. The number of aromatic nitrogens is 2. The second kappa shape index (κ2) is 5.98. The second-order valence-corrected chi connectivity index (χ2v) is 5.21. The van der Waals surface area contributed by atoms with Crippen LogP contribution in [0, 0.1) is 0 Å². The van der Waals surface area contributed by atoms with Crippen LogP contribution < -0.4 is 5.32 Å². The summed E-state index contributed by atoms with van der Waals surface area (Å²) in [5.74, 6) is -0.0533. The van der Waals surface area contributed by atoms with Crippen molar-refractivity contribution in [2.45, 2.75) is 12.5 Å². The fourth-order valence-corrected chi connectivity index (χ4v) is 2.36. The summed E-state index contributed by atoms with van der Waals surface area (Å²) in [5, 5.41) is 24.7. The number of rotatable bonds is 5. The molecule has 2 aromatic heterocycles. The maximum absolute atomic E-state index is 11.2. The van der Waals surface area contributed by atoms with Crippen LogP contribution in [0.25, 0.3) is 0 Å². The molecule has 6 nitrogen and oxygen atoms in total. The first kappa shape index (κ1) is 14.4. The van der Waals surface area contributed by atoms with Gasteiger partial charge in [0.05, 0.1) is 7.11 Å². The third-order valence-corrected chi connectivity index (χ3v) is 3.50. The van der Waals surface area contributed by atoms with Crippen molar-refractivity contribution in [3.63, 3.8) is 0 Å². The molecule has 0 amide bonds. The zero-order valence-corrected chi connectivity index (χ0v) is 12.0. The molecule has 0 saturated heterocycles. The second-order valence-electron chi connectivity index (χ2n) is 4.43. The molecule has 0 aliphatic heterocycles. The number of carbonyl (C=O) groups excluding carboxylic acids is 1. The van der Waals surface area contributed by atoms with Crippen LogP contribution in [0.4, 0.5) is 5.82 Å². The number of methoxy groups -OCH3 is 1. The summed E-state index contributed by atoms with van der Waals surface area (Å²) in [7, 11) is 1.29. The van der Waals surface area contributed by atoms with E-state index in [0.29, 0.717) is 5.82 Å². The van der Waals surface area contributed by atoms with Gasteiger partial charge in [-0.3, -0.25) is 0 Å². The van der Waals surface area contributed by atoms with Gasteiger partial charge in [-0.1, -0.05) is 0 Å². The van der Waals surface area contributed by atoms with Gasteiger partial charge in [-0.05, 0) is 41.4 Å². The number of anilines is 1. The summed E-state index contributed by atoms with van der Waals surface area (Å²) < 4.78 is 4.54. The van der Waals surface area contributed by atoms with E-state index in [4.69, 9.17) is 0 Å². The third-order valence-electron chi connectivity index (χ3n) is 2.82. The molecule has 0 spiro atoms. The number of nitrogens with zero attached hydrogens (tertiary/aromatic N) is 2. The smallest absolute Gasteiger partial charge is 0.358 e. The molecule has 7 heteroatoms. The minimum atomic E-state index is -0.997. The number of carbonyl (C=O) groups is 1. The summed E-state index contributed by atoms with van der Waals surface area (Å²) in [6.07, 6.45) is 0. The zero-order chi connectivity index (χ0) is 14.6. The lowest BCUT2D eigenvalue weighted by Gasteiger charge is -2.22. The molecule has 0 aromatic carbocycles. The van der Waals surface area contributed by atoms with Crippen LogP contribution in [0.2, 0.25) is 0 Å². The topological polar surface area (TPSA) is 84.3 Å². The minimum Gasteiger partial charge on any atom is -0.464 e. The zero-order valence-electron chi connectivity index (χ0n) is 11.2. The Morgan fingerprint density at radius 2 is 2.25 bits per heavy atom. The molecule has 0 aliphatic rings. The van der Waals surface area contributed by atoms with E-state index in [9.17, 15) is 9.90 Å². The van der Waals surface area contributed by atoms with Crippen molar-refractivity contribution in [3.05, 3.63) is 40.2 Å². The number of thiophene rings is 1. The predicted molar refractivity (Wildman–Crippen MR) is 75.8 cm³/mol.